The lowest BCUT2D eigenvalue weighted by Crippen LogP contribution is -2.46. The fourth-order valence-electron chi connectivity index (χ4n) is 3.80. The summed E-state index contributed by atoms with van der Waals surface area (Å²) in [4.78, 5) is 27.4. The summed E-state index contributed by atoms with van der Waals surface area (Å²) in [7, 11) is -3.73. The standard InChI is InChI=1S/C24H31N3O4S/c1-17(2)14-15-25-23(28)21-8-6-16-27(21)24(29)19-10-12-20(13-11-19)26-32(30,31)22-9-5-4-7-18(22)3/h4-5,7,9-13,17,21,26H,6,8,14-16H2,1-3H3,(H,25,28). The Bertz CT molecular complexity index is 1060. The normalized spacial score (nSPS) is 16.2. The van der Waals surface area contributed by atoms with Gasteiger partial charge < -0.3 is 10.2 Å². The molecule has 2 aromatic rings. The van der Waals surface area contributed by atoms with Gasteiger partial charge in [-0.2, -0.15) is 0 Å². The van der Waals surface area contributed by atoms with Crippen LogP contribution in [0.5, 0.6) is 0 Å². The smallest absolute Gasteiger partial charge is 0.262 e. The highest BCUT2D eigenvalue weighted by molar-refractivity contribution is 7.92. The van der Waals surface area contributed by atoms with E-state index in [1.807, 2.05) is 0 Å². The Balaban J connectivity index is 1.67. The van der Waals surface area contributed by atoms with Gasteiger partial charge in [0.25, 0.3) is 15.9 Å². The fraction of sp³-hybridized carbons (Fsp3) is 0.417. The van der Waals surface area contributed by atoms with E-state index in [1.54, 1.807) is 60.4 Å². The Morgan fingerprint density at radius 3 is 2.44 bits per heavy atom. The van der Waals surface area contributed by atoms with Gasteiger partial charge in [0.2, 0.25) is 5.91 Å². The van der Waals surface area contributed by atoms with E-state index in [0.29, 0.717) is 42.2 Å². The van der Waals surface area contributed by atoms with Crippen LogP contribution in [0.2, 0.25) is 0 Å². The molecule has 0 saturated carbocycles. The van der Waals surface area contributed by atoms with Crippen LogP contribution in [0.15, 0.2) is 53.4 Å². The predicted octanol–water partition coefficient (Wildman–Crippen LogP) is 3.56. The molecule has 1 unspecified atom stereocenters. The van der Waals surface area contributed by atoms with Gasteiger partial charge in [0.05, 0.1) is 4.90 Å². The summed E-state index contributed by atoms with van der Waals surface area (Å²) in [6.45, 7) is 7.07. The Hall–Kier alpha value is -2.87. The minimum atomic E-state index is -3.73. The van der Waals surface area contributed by atoms with Crippen molar-refractivity contribution in [3.8, 4) is 0 Å². The largest absolute Gasteiger partial charge is 0.354 e. The van der Waals surface area contributed by atoms with E-state index in [2.05, 4.69) is 23.9 Å². The highest BCUT2D eigenvalue weighted by atomic mass is 32.2. The first-order chi connectivity index (χ1) is 15.2. The highest BCUT2D eigenvalue weighted by Gasteiger charge is 2.34. The van der Waals surface area contributed by atoms with Gasteiger partial charge in [-0.25, -0.2) is 8.42 Å². The third-order valence-electron chi connectivity index (χ3n) is 5.60. The molecule has 0 aliphatic carbocycles. The van der Waals surface area contributed by atoms with Crippen LogP contribution < -0.4 is 10.0 Å². The first-order valence-electron chi connectivity index (χ1n) is 11.0. The first kappa shape index (κ1) is 23.8. The monoisotopic (exact) mass is 457 g/mol. The Kier molecular flexibility index (Phi) is 7.56. The fourth-order valence-corrected chi connectivity index (χ4v) is 5.10. The summed E-state index contributed by atoms with van der Waals surface area (Å²) in [6.07, 6.45) is 2.32. The molecule has 1 heterocycles. The van der Waals surface area contributed by atoms with Crippen molar-refractivity contribution < 1.29 is 18.0 Å². The summed E-state index contributed by atoms with van der Waals surface area (Å²) in [5.41, 5.74) is 1.44. The molecule has 2 amide bonds. The van der Waals surface area contributed by atoms with Crippen molar-refractivity contribution in [2.45, 2.75) is 51.0 Å². The van der Waals surface area contributed by atoms with E-state index in [-0.39, 0.29) is 16.7 Å². The molecule has 1 aliphatic heterocycles. The van der Waals surface area contributed by atoms with Crippen LogP contribution >= 0.6 is 0 Å². The third kappa shape index (κ3) is 5.68. The second-order valence-corrected chi connectivity index (χ2v) is 10.2. The summed E-state index contributed by atoms with van der Waals surface area (Å²) in [5.74, 6) is 0.164. The number of aryl methyl sites for hydroxylation is 1. The average Bonchev–Trinajstić information content (AvgIpc) is 3.23. The zero-order chi connectivity index (χ0) is 23.3. The van der Waals surface area contributed by atoms with E-state index in [1.165, 1.54) is 0 Å². The molecule has 2 N–H and O–H groups in total. The number of sulfonamides is 1. The van der Waals surface area contributed by atoms with Crippen LogP contribution in [0, 0.1) is 12.8 Å². The van der Waals surface area contributed by atoms with Crippen LogP contribution in [0.1, 0.15) is 49.0 Å². The quantitative estimate of drug-likeness (QED) is 0.634. The Labute approximate surface area is 190 Å². The molecule has 1 atom stereocenters. The van der Waals surface area contributed by atoms with Crippen LogP contribution in [-0.2, 0) is 14.8 Å². The number of likely N-dealkylation sites (tertiary alicyclic amines) is 1. The minimum Gasteiger partial charge on any atom is -0.354 e. The van der Waals surface area contributed by atoms with Gasteiger partial charge in [0.15, 0.2) is 0 Å². The van der Waals surface area contributed by atoms with Crippen molar-refractivity contribution in [3.05, 3.63) is 59.7 Å². The highest BCUT2D eigenvalue weighted by Crippen LogP contribution is 2.23. The summed E-state index contributed by atoms with van der Waals surface area (Å²) in [5, 5.41) is 2.94. The first-order valence-corrected chi connectivity index (χ1v) is 12.4. The van der Waals surface area contributed by atoms with Gasteiger partial charge in [0.1, 0.15) is 6.04 Å². The van der Waals surface area contributed by atoms with Gasteiger partial charge in [-0.15, -0.1) is 0 Å². The molecule has 1 aliphatic rings. The summed E-state index contributed by atoms with van der Waals surface area (Å²) >= 11 is 0. The molecule has 3 rings (SSSR count). The lowest BCUT2D eigenvalue weighted by Gasteiger charge is -2.24. The van der Waals surface area contributed by atoms with Crippen molar-refractivity contribution >= 4 is 27.5 Å². The summed E-state index contributed by atoms with van der Waals surface area (Å²) < 4.78 is 27.9. The van der Waals surface area contributed by atoms with E-state index >= 15 is 0 Å². The van der Waals surface area contributed by atoms with Crippen LogP contribution in [-0.4, -0.2) is 44.3 Å². The zero-order valence-electron chi connectivity index (χ0n) is 18.8. The molecule has 0 spiro atoms. The van der Waals surface area contributed by atoms with Crippen LogP contribution in [0.3, 0.4) is 0 Å². The molecular formula is C24H31N3O4S. The number of anilines is 1. The van der Waals surface area contributed by atoms with Gasteiger partial charge in [0, 0.05) is 24.3 Å². The predicted molar refractivity (Wildman–Crippen MR) is 125 cm³/mol. The number of benzene rings is 2. The van der Waals surface area contributed by atoms with Gasteiger partial charge in [-0.1, -0.05) is 32.0 Å². The van der Waals surface area contributed by atoms with E-state index in [4.69, 9.17) is 0 Å². The topological polar surface area (TPSA) is 95.6 Å². The number of rotatable bonds is 8. The Morgan fingerprint density at radius 1 is 1.09 bits per heavy atom. The molecule has 7 nitrogen and oxygen atoms in total. The molecule has 0 aromatic heterocycles. The number of hydrogen-bond acceptors (Lipinski definition) is 4. The maximum atomic E-state index is 13.0. The molecule has 0 bridgehead atoms. The molecule has 1 fully saturated rings. The zero-order valence-corrected chi connectivity index (χ0v) is 19.6. The molecule has 8 heteroatoms. The van der Waals surface area contributed by atoms with E-state index in [0.717, 1.165) is 12.8 Å². The second-order valence-electron chi connectivity index (χ2n) is 8.58. The number of carbonyl (C=O) groups is 2. The number of nitrogens with one attached hydrogen (secondary N) is 2. The lowest BCUT2D eigenvalue weighted by atomic mass is 10.1. The molecule has 1 saturated heterocycles. The third-order valence-corrected chi connectivity index (χ3v) is 7.15. The van der Waals surface area contributed by atoms with Gasteiger partial charge in [-0.3, -0.25) is 14.3 Å². The molecule has 0 radical (unpaired) electrons. The Morgan fingerprint density at radius 2 is 1.78 bits per heavy atom. The maximum Gasteiger partial charge on any atom is 0.262 e. The SMILES string of the molecule is Cc1ccccc1S(=O)(=O)Nc1ccc(C(=O)N2CCCC2C(=O)NCCC(C)C)cc1. The summed E-state index contributed by atoms with van der Waals surface area (Å²) in [6, 6.07) is 12.6. The number of hydrogen-bond donors (Lipinski definition) is 2. The molecular weight excluding hydrogens is 426 g/mol. The molecule has 2 aromatic carbocycles. The van der Waals surface area contributed by atoms with Crippen molar-refractivity contribution in [3.63, 3.8) is 0 Å². The minimum absolute atomic E-state index is 0.112. The maximum absolute atomic E-state index is 13.0. The number of amides is 2. The van der Waals surface area contributed by atoms with Crippen molar-refractivity contribution in [2.24, 2.45) is 5.92 Å². The van der Waals surface area contributed by atoms with Gasteiger partial charge >= 0.3 is 0 Å². The number of nitrogens with zero attached hydrogens (tertiary/aromatic N) is 1. The van der Waals surface area contributed by atoms with Crippen molar-refractivity contribution in [2.75, 3.05) is 17.8 Å². The molecule has 172 valence electrons. The van der Waals surface area contributed by atoms with E-state index < -0.39 is 16.1 Å². The van der Waals surface area contributed by atoms with Crippen LogP contribution in [0.25, 0.3) is 0 Å². The number of carbonyl (C=O) groups excluding carboxylic acids is 2. The van der Waals surface area contributed by atoms with Crippen molar-refractivity contribution in [1.82, 2.24) is 10.2 Å². The van der Waals surface area contributed by atoms with Gasteiger partial charge in [-0.05, 0) is 68.0 Å². The lowest BCUT2D eigenvalue weighted by molar-refractivity contribution is -0.124. The second kappa shape index (κ2) is 10.2. The van der Waals surface area contributed by atoms with E-state index in [9.17, 15) is 18.0 Å². The average molecular weight is 458 g/mol. The van der Waals surface area contributed by atoms with Crippen molar-refractivity contribution in [1.29, 1.82) is 0 Å². The van der Waals surface area contributed by atoms with Crippen LogP contribution in [0.4, 0.5) is 5.69 Å². The molecule has 32 heavy (non-hydrogen) atoms.